The van der Waals surface area contributed by atoms with Gasteiger partial charge >= 0.3 is 0 Å². The number of aryl methyl sites for hydroxylation is 2. The van der Waals surface area contributed by atoms with E-state index in [1.165, 1.54) is 6.20 Å². The zero-order chi connectivity index (χ0) is 17.0. The maximum Gasteiger partial charge on any atom is 0.281 e. The molecule has 1 aliphatic rings. The van der Waals surface area contributed by atoms with E-state index in [1.807, 2.05) is 4.57 Å². The molecule has 0 saturated heterocycles. The molecule has 1 N–H and O–H groups in total. The molecule has 2 aromatic heterocycles. The Labute approximate surface area is 140 Å². The highest BCUT2D eigenvalue weighted by Gasteiger charge is 2.22. The molecule has 3 rings (SSSR count). The first-order valence-corrected chi connectivity index (χ1v) is 9.23. The van der Waals surface area contributed by atoms with Gasteiger partial charge in [0.15, 0.2) is 5.03 Å². The highest BCUT2D eigenvalue weighted by atomic mass is 32.2. The predicted molar refractivity (Wildman–Crippen MR) is 87.6 cm³/mol. The standard InChI is InChI=1S/C15H20N4O4S/c1-22-8-9-23-14-6-5-12(10-16-14)18-24(20,21)15-11-19-7-3-2-4-13(19)17-15/h5-6,10-11,18H,2-4,7-9H2,1H3. The molecule has 0 aliphatic carbocycles. The molecular formula is C15H20N4O4S. The summed E-state index contributed by atoms with van der Waals surface area (Å²) in [6, 6.07) is 3.20. The Morgan fingerprint density at radius 3 is 2.88 bits per heavy atom. The summed E-state index contributed by atoms with van der Waals surface area (Å²) in [5.74, 6) is 1.23. The second-order valence-corrected chi connectivity index (χ2v) is 7.11. The van der Waals surface area contributed by atoms with Gasteiger partial charge in [-0.25, -0.2) is 9.97 Å². The second-order valence-electron chi connectivity index (χ2n) is 5.48. The van der Waals surface area contributed by atoms with Crippen molar-refractivity contribution in [3.63, 3.8) is 0 Å². The number of fused-ring (bicyclic) bond motifs is 1. The number of pyridine rings is 1. The number of methoxy groups -OCH3 is 1. The van der Waals surface area contributed by atoms with Gasteiger partial charge in [-0.3, -0.25) is 4.72 Å². The molecule has 2 aromatic rings. The zero-order valence-electron chi connectivity index (χ0n) is 13.4. The van der Waals surface area contributed by atoms with E-state index in [-0.39, 0.29) is 5.03 Å². The van der Waals surface area contributed by atoms with E-state index in [0.29, 0.717) is 24.8 Å². The summed E-state index contributed by atoms with van der Waals surface area (Å²) in [5.41, 5.74) is 0.361. The van der Waals surface area contributed by atoms with Crippen LogP contribution in [-0.2, 0) is 27.7 Å². The van der Waals surface area contributed by atoms with Crippen LogP contribution in [0, 0.1) is 0 Å². The molecule has 0 amide bonds. The van der Waals surface area contributed by atoms with Crippen LogP contribution in [0.25, 0.3) is 0 Å². The van der Waals surface area contributed by atoms with Crippen molar-refractivity contribution in [2.45, 2.75) is 30.8 Å². The summed E-state index contributed by atoms with van der Waals surface area (Å²) >= 11 is 0. The van der Waals surface area contributed by atoms with Gasteiger partial charge in [-0.2, -0.15) is 8.42 Å². The van der Waals surface area contributed by atoms with Crippen molar-refractivity contribution in [2.24, 2.45) is 0 Å². The summed E-state index contributed by atoms with van der Waals surface area (Å²) in [7, 11) is -2.14. The van der Waals surface area contributed by atoms with Crippen molar-refractivity contribution in [3.8, 4) is 5.88 Å². The van der Waals surface area contributed by atoms with Gasteiger partial charge in [0, 0.05) is 32.3 Å². The van der Waals surface area contributed by atoms with Crippen molar-refractivity contribution < 1.29 is 17.9 Å². The van der Waals surface area contributed by atoms with E-state index < -0.39 is 10.0 Å². The number of anilines is 1. The SMILES string of the molecule is COCCOc1ccc(NS(=O)(=O)c2cn3c(n2)CCCC3)cn1. The quantitative estimate of drug-likeness (QED) is 0.758. The number of nitrogens with one attached hydrogen (secondary N) is 1. The van der Waals surface area contributed by atoms with Gasteiger partial charge in [-0.15, -0.1) is 0 Å². The second kappa shape index (κ2) is 7.18. The Morgan fingerprint density at radius 2 is 2.17 bits per heavy atom. The van der Waals surface area contributed by atoms with E-state index in [9.17, 15) is 8.42 Å². The molecule has 130 valence electrons. The van der Waals surface area contributed by atoms with Gasteiger partial charge in [-0.1, -0.05) is 0 Å². The van der Waals surface area contributed by atoms with Crippen LogP contribution < -0.4 is 9.46 Å². The number of hydrogen-bond donors (Lipinski definition) is 1. The number of aromatic nitrogens is 3. The maximum atomic E-state index is 12.5. The van der Waals surface area contributed by atoms with Crippen molar-refractivity contribution in [1.29, 1.82) is 0 Å². The lowest BCUT2D eigenvalue weighted by Gasteiger charge is -2.11. The van der Waals surface area contributed by atoms with Crippen LogP contribution in [0.4, 0.5) is 5.69 Å². The first kappa shape index (κ1) is 16.7. The van der Waals surface area contributed by atoms with E-state index in [4.69, 9.17) is 9.47 Å². The molecule has 0 aromatic carbocycles. The normalized spacial score (nSPS) is 14.2. The van der Waals surface area contributed by atoms with Crippen LogP contribution in [0.15, 0.2) is 29.6 Å². The summed E-state index contributed by atoms with van der Waals surface area (Å²) in [5, 5.41) is 0.0415. The fraction of sp³-hybridized carbons (Fsp3) is 0.467. The van der Waals surface area contributed by atoms with Crippen molar-refractivity contribution >= 4 is 15.7 Å². The van der Waals surface area contributed by atoms with Crippen LogP contribution in [0.3, 0.4) is 0 Å². The Bertz CT molecular complexity index is 763. The van der Waals surface area contributed by atoms with Crippen LogP contribution in [0.2, 0.25) is 0 Å². The number of rotatable bonds is 7. The summed E-state index contributed by atoms with van der Waals surface area (Å²) in [6.07, 6.45) is 5.90. The lowest BCUT2D eigenvalue weighted by atomic mass is 10.2. The van der Waals surface area contributed by atoms with E-state index >= 15 is 0 Å². The minimum Gasteiger partial charge on any atom is -0.475 e. The molecule has 24 heavy (non-hydrogen) atoms. The van der Waals surface area contributed by atoms with Crippen molar-refractivity contribution in [1.82, 2.24) is 14.5 Å². The minimum atomic E-state index is -3.72. The lowest BCUT2D eigenvalue weighted by Crippen LogP contribution is -2.14. The van der Waals surface area contributed by atoms with Gasteiger partial charge in [0.2, 0.25) is 5.88 Å². The average Bonchev–Trinajstić information content (AvgIpc) is 3.02. The van der Waals surface area contributed by atoms with Crippen LogP contribution in [0.1, 0.15) is 18.7 Å². The van der Waals surface area contributed by atoms with Crippen LogP contribution >= 0.6 is 0 Å². The Kier molecular flexibility index (Phi) is 5.00. The summed E-state index contributed by atoms with van der Waals surface area (Å²) in [4.78, 5) is 8.30. The smallest absolute Gasteiger partial charge is 0.281 e. The zero-order valence-corrected chi connectivity index (χ0v) is 14.3. The largest absolute Gasteiger partial charge is 0.475 e. The molecule has 0 unspecified atom stereocenters. The number of sulfonamides is 1. The number of nitrogens with zero attached hydrogens (tertiary/aromatic N) is 3. The number of hydrogen-bond acceptors (Lipinski definition) is 6. The van der Waals surface area contributed by atoms with Crippen molar-refractivity contribution in [3.05, 3.63) is 30.4 Å². The minimum absolute atomic E-state index is 0.0415. The topological polar surface area (TPSA) is 95.3 Å². The molecule has 3 heterocycles. The molecule has 0 radical (unpaired) electrons. The molecule has 0 atom stereocenters. The Hall–Kier alpha value is -2.13. The van der Waals surface area contributed by atoms with Gasteiger partial charge in [0.25, 0.3) is 10.0 Å². The molecule has 0 bridgehead atoms. The van der Waals surface area contributed by atoms with Crippen molar-refractivity contribution in [2.75, 3.05) is 25.0 Å². The van der Waals surface area contributed by atoms with E-state index in [2.05, 4.69) is 14.7 Å². The Morgan fingerprint density at radius 1 is 1.29 bits per heavy atom. The van der Waals surface area contributed by atoms with E-state index in [1.54, 1.807) is 25.4 Å². The fourth-order valence-electron chi connectivity index (χ4n) is 2.48. The van der Waals surface area contributed by atoms with Gasteiger partial charge in [0.1, 0.15) is 12.4 Å². The third-order valence-electron chi connectivity index (χ3n) is 3.69. The third-order valence-corrected chi connectivity index (χ3v) is 4.94. The van der Waals surface area contributed by atoms with Gasteiger partial charge < -0.3 is 14.0 Å². The predicted octanol–water partition coefficient (Wildman–Crippen LogP) is 1.44. The van der Waals surface area contributed by atoms with Gasteiger partial charge in [0.05, 0.1) is 18.5 Å². The Balaban J connectivity index is 1.69. The molecular weight excluding hydrogens is 332 g/mol. The first-order valence-electron chi connectivity index (χ1n) is 7.75. The maximum absolute atomic E-state index is 12.5. The summed E-state index contributed by atoms with van der Waals surface area (Å²) < 4.78 is 39.5. The molecule has 0 spiro atoms. The van der Waals surface area contributed by atoms with Gasteiger partial charge in [-0.05, 0) is 18.9 Å². The van der Waals surface area contributed by atoms with Crippen LogP contribution in [-0.4, -0.2) is 43.3 Å². The summed E-state index contributed by atoms with van der Waals surface area (Å²) in [6.45, 7) is 1.66. The third kappa shape index (κ3) is 3.85. The fourth-order valence-corrected chi connectivity index (χ4v) is 3.51. The number of imidazole rings is 1. The monoisotopic (exact) mass is 352 g/mol. The average molecular weight is 352 g/mol. The molecule has 9 heteroatoms. The first-order chi connectivity index (χ1) is 11.6. The molecule has 8 nitrogen and oxygen atoms in total. The molecule has 0 fully saturated rings. The lowest BCUT2D eigenvalue weighted by molar-refractivity contribution is 0.144. The van der Waals surface area contributed by atoms with E-state index in [0.717, 1.165) is 31.6 Å². The molecule has 0 saturated carbocycles. The highest BCUT2D eigenvalue weighted by molar-refractivity contribution is 7.92. The molecule has 1 aliphatic heterocycles. The highest BCUT2D eigenvalue weighted by Crippen LogP contribution is 2.20. The number of ether oxygens (including phenoxy) is 2. The van der Waals surface area contributed by atoms with Crippen LogP contribution in [0.5, 0.6) is 5.88 Å².